The number of ether oxygens (including phenoxy) is 1. The monoisotopic (exact) mass is 576 g/mol. The van der Waals surface area contributed by atoms with Crippen molar-refractivity contribution >= 4 is 17.4 Å². The van der Waals surface area contributed by atoms with Crippen molar-refractivity contribution in [1.82, 2.24) is 14.9 Å². The van der Waals surface area contributed by atoms with Crippen LogP contribution in [0.2, 0.25) is 0 Å². The van der Waals surface area contributed by atoms with Crippen LogP contribution in [0.3, 0.4) is 0 Å². The number of esters is 1. The Hall–Kier alpha value is -3.06. The molecule has 1 aromatic carbocycles. The van der Waals surface area contributed by atoms with Gasteiger partial charge in [-0.05, 0) is 81.8 Å². The highest BCUT2D eigenvalue weighted by molar-refractivity contribution is 5.83. The molecular weight excluding hydrogens is 524 g/mol. The average molecular weight is 577 g/mol. The predicted molar refractivity (Wildman–Crippen MR) is 170 cm³/mol. The molecule has 0 aliphatic heterocycles. The normalized spacial score (nSPS) is 20.5. The molecule has 42 heavy (non-hydrogen) atoms. The van der Waals surface area contributed by atoms with E-state index in [1.54, 1.807) is 20.8 Å². The number of nitrogens with zero attached hydrogens (tertiary/aromatic N) is 3. The molecule has 2 aliphatic rings. The fourth-order valence-electron chi connectivity index (χ4n) is 6.13. The van der Waals surface area contributed by atoms with Crippen LogP contribution in [-0.2, 0) is 20.9 Å². The highest BCUT2D eigenvalue weighted by atomic mass is 16.6. The maximum absolute atomic E-state index is 12.4. The molecule has 0 radical (unpaired) electrons. The van der Waals surface area contributed by atoms with Crippen LogP contribution < -0.4 is 5.73 Å². The van der Waals surface area contributed by atoms with Gasteiger partial charge in [0.05, 0.1) is 6.54 Å². The van der Waals surface area contributed by atoms with Crippen LogP contribution in [0.5, 0.6) is 0 Å². The van der Waals surface area contributed by atoms with E-state index in [4.69, 9.17) is 10.5 Å². The van der Waals surface area contributed by atoms with Gasteiger partial charge < -0.3 is 15.4 Å². The van der Waals surface area contributed by atoms with E-state index in [-0.39, 0.29) is 25.5 Å². The van der Waals surface area contributed by atoms with Crippen molar-refractivity contribution in [1.29, 1.82) is 0 Å². The van der Waals surface area contributed by atoms with Gasteiger partial charge in [-0.25, -0.2) is 9.97 Å². The molecule has 0 saturated heterocycles. The lowest BCUT2D eigenvalue weighted by Crippen LogP contribution is -2.41. The number of allylic oxidation sites excluding steroid dienone is 2. The van der Waals surface area contributed by atoms with Crippen molar-refractivity contribution in [3.8, 4) is 11.4 Å². The van der Waals surface area contributed by atoms with Crippen LogP contribution in [-0.4, -0.2) is 45.4 Å². The van der Waals surface area contributed by atoms with Crippen molar-refractivity contribution in [3.05, 3.63) is 53.9 Å². The fraction of sp³-hybridized carbons (Fsp3) is 0.600. The minimum Gasteiger partial charge on any atom is -0.459 e. The van der Waals surface area contributed by atoms with Gasteiger partial charge in [0.25, 0.3) is 0 Å². The smallest absolute Gasteiger partial charge is 0.326 e. The van der Waals surface area contributed by atoms with Crippen molar-refractivity contribution in [2.45, 2.75) is 105 Å². The minimum absolute atomic E-state index is 0.143. The van der Waals surface area contributed by atoms with E-state index in [9.17, 15) is 9.59 Å². The van der Waals surface area contributed by atoms with E-state index < -0.39 is 11.6 Å². The van der Waals surface area contributed by atoms with E-state index in [1.807, 2.05) is 50.5 Å². The van der Waals surface area contributed by atoms with E-state index in [2.05, 4.69) is 23.0 Å². The van der Waals surface area contributed by atoms with E-state index in [0.717, 1.165) is 40.9 Å². The van der Waals surface area contributed by atoms with Gasteiger partial charge in [-0.15, -0.1) is 0 Å². The summed E-state index contributed by atoms with van der Waals surface area (Å²) in [4.78, 5) is 35.4. The summed E-state index contributed by atoms with van der Waals surface area (Å²) in [6.07, 6.45) is 16.9. The van der Waals surface area contributed by atoms with Gasteiger partial charge in [-0.1, -0.05) is 70.4 Å². The van der Waals surface area contributed by atoms with Gasteiger partial charge in [0.1, 0.15) is 12.1 Å². The number of amides is 1. The summed E-state index contributed by atoms with van der Waals surface area (Å²) in [6.45, 7) is 11.7. The Balaban J connectivity index is 0.00000237. The molecule has 0 bridgehead atoms. The molecule has 1 unspecified atom stereocenters. The summed E-state index contributed by atoms with van der Waals surface area (Å²) in [6, 6.07) is 7.74. The first kappa shape index (κ1) is 33.4. The van der Waals surface area contributed by atoms with E-state index in [1.165, 1.54) is 55.4 Å². The second-order valence-corrected chi connectivity index (χ2v) is 12.5. The molecule has 230 valence electrons. The molecule has 7 heteroatoms. The van der Waals surface area contributed by atoms with Crippen molar-refractivity contribution in [2.24, 2.45) is 23.5 Å². The maximum Gasteiger partial charge on any atom is 0.326 e. The quantitative estimate of drug-likeness (QED) is 0.317. The zero-order valence-electron chi connectivity index (χ0n) is 26.7. The number of carbonyl (C=O) groups is 2. The van der Waals surface area contributed by atoms with E-state index in [0.29, 0.717) is 5.82 Å². The Morgan fingerprint density at radius 3 is 2.12 bits per heavy atom. The Kier molecular flexibility index (Phi) is 12.7. The van der Waals surface area contributed by atoms with Crippen molar-refractivity contribution < 1.29 is 14.3 Å². The second kappa shape index (κ2) is 16.0. The molecule has 1 amide bonds. The summed E-state index contributed by atoms with van der Waals surface area (Å²) in [5.74, 6) is 2.60. The maximum atomic E-state index is 12.4. The van der Waals surface area contributed by atoms with Gasteiger partial charge in [0.2, 0.25) is 5.91 Å². The third-order valence-corrected chi connectivity index (χ3v) is 8.46. The molecule has 2 aromatic rings. The fourth-order valence-corrected chi connectivity index (χ4v) is 6.13. The number of aromatic nitrogens is 2. The zero-order chi connectivity index (χ0) is 30.7. The lowest BCUT2D eigenvalue weighted by Gasteiger charge is -2.35. The lowest BCUT2D eigenvalue weighted by atomic mass is 9.71. The van der Waals surface area contributed by atoms with E-state index >= 15 is 0 Å². The topological polar surface area (TPSA) is 98.4 Å². The predicted octanol–water partition coefficient (Wildman–Crippen LogP) is 7.20. The van der Waals surface area contributed by atoms with Crippen LogP contribution in [0.1, 0.15) is 104 Å². The van der Waals surface area contributed by atoms with Crippen LogP contribution in [0.25, 0.3) is 17.0 Å². The molecule has 2 N–H and O–H groups in total. The average Bonchev–Trinajstić information content (AvgIpc) is 3.01. The van der Waals surface area contributed by atoms with Gasteiger partial charge in [-0.2, -0.15) is 0 Å². The summed E-state index contributed by atoms with van der Waals surface area (Å²) >= 11 is 0. The van der Waals surface area contributed by atoms with Crippen LogP contribution in [0, 0.1) is 17.8 Å². The van der Waals surface area contributed by atoms with Gasteiger partial charge in [0, 0.05) is 30.1 Å². The Labute approximate surface area is 253 Å². The minimum atomic E-state index is -0.616. The van der Waals surface area contributed by atoms with Crippen molar-refractivity contribution in [3.63, 3.8) is 0 Å². The lowest BCUT2D eigenvalue weighted by molar-refractivity contribution is -0.158. The molecule has 7 nitrogen and oxygen atoms in total. The van der Waals surface area contributed by atoms with Crippen LogP contribution in [0.15, 0.2) is 42.7 Å². The third-order valence-electron chi connectivity index (χ3n) is 8.46. The summed E-state index contributed by atoms with van der Waals surface area (Å²) < 4.78 is 5.38. The third kappa shape index (κ3) is 9.75. The first-order valence-electron chi connectivity index (χ1n) is 16.0. The zero-order valence-corrected chi connectivity index (χ0v) is 26.7. The van der Waals surface area contributed by atoms with Crippen LogP contribution >= 0.6 is 0 Å². The highest BCUT2D eigenvalue weighted by Gasteiger charge is 2.28. The summed E-state index contributed by atoms with van der Waals surface area (Å²) in [5.41, 5.74) is 9.24. The molecule has 1 aromatic heterocycles. The molecule has 1 atom stereocenters. The largest absolute Gasteiger partial charge is 0.459 e. The molecule has 1 fully saturated rings. The molecule has 1 saturated carbocycles. The SMILES string of the molecule is CC.CCC1CCC(C2CC=C(c3cnc(-c4ccc(CN(CC(=O)OC(C)(C)C)C(=O)CN)cc4)nc3)CC2)CC1. The number of rotatable bonds is 9. The Morgan fingerprint density at radius 1 is 0.952 bits per heavy atom. The van der Waals surface area contributed by atoms with Gasteiger partial charge >= 0.3 is 5.97 Å². The molecular formula is C35H52N4O3. The number of nitrogens with two attached hydrogens (primary N) is 1. The Bertz CT molecular complexity index is 1160. The van der Waals surface area contributed by atoms with Gasteiger partial charge in [-0.3, -0.25) is 9.59 Å². The first-order valence-corrected chi connectivity index (χ1v) is 16.0. The number of hydrogen-bond donors (Lipinski definition) is 1. The van der Waals surface area contributed by atoms with Gasteiger partial charge in [0.15, 0.2) is 5.82 Å². The second-order valence-electron chi connectivity index (χ2n) is 12.5. The first-order chi connectivity index (χ1) is 20.1. The molecule has 4 rings (SSSR count). The summed E-state index contributed by atoms with van der Waals surface area (Å²) in [5, 5.41) is 0. The van der Waals surface area contributed by atoms with Crippen molar-refractivity contribution in [2.75, 3.05) is 13.1 Å². The number of hydrogen-bond acceptors (Lipinski definition) is 6. The van der Waals surface area contributed by atoms with Crippen LogP contribution in [0.4, 0.5) is 0 Å². The number of benzene rings is 1. The molecule has 2 aliphatic carbocycles. The molecule has 1 heterocycles. The number of carbonyl (C=O) groups excluding carboxylic acids is 2. The molecule has 0 spiro atoms. The highest BCUT2D eigenvalue weighted by Crippen LogP contribution is 2.41. The Morgan fingerprint density at radius 2 is 1.60 bits per heavy atom. The standard InChI is InChI=1S/C33H46N4O3.C2H6/c1-5-23-6-10-25(11-7-23)26-14-16-27(17-15-26)29-19-35-32(36-20-29)28-12-8-24(9-13-28)21-37(30(38)18-34)22-31(39)40-33(2,3)4;1-2/h8-9,12-13,16,19-20,23,25-26H,5-7,10-11,14-15,17-18,21-22,34H2,1-4H3;1-2H3. The summed E-state index contributed by atoms with van der Waals surface area (Å²) in [7, 11) is 0.